The summed E-state index contributed by atoms with van der Waals surface area (Å²) in [5, 5.41) is 29.2. The highest BCUT2D eigenvalue weighted by Crippen LogP contribution is 2.38. The third-order valence-electron chi connectivity index (χ3n) is 6.91. The first-order chi connectivity index (χ1) is 19.6. The van der Waals surface area contributed by atoms with E-state index >= 15 is 0 Å². The van der Waals surface area contributed by atoms with Crippen LogP contribution in [0.3, 0.4) is 0 Å². The molecule has 0 heterocycles. The van der Waals surface area contributed by atoms with Gasteiger partial charge in [0.25, 0.3) is 0 Å². The Morgan fingerprint density at radius 3 is 2.37 bits per heavy atom. The van der Waals surface area contributed by atoms with Crippen molar-refractivity contribution < 1.29 is 34.1 Å². The lowest BCUT2D eigenvalue weighted by molar-refractivity contribution is -0.154. The van der Waals surface area contributed by atoms with Crippen LogP contribution in [0.4, 0.5) is 5.69 Å². The summed E-state index contributed by atoms with van der Waals surface area (Å²) >= 11 is 0. The van der Waals surface area contributed by atoms with Crippen LogP contribution in [-0.4, -0.2) is 57.5 Å². The SMILES string of the molecule is N=C(N)Nc1ccc(C(=O)Oc2ccc3c(c2)CCC3CC(=O)N(CC(=O)O)C(Cc2ccccc2)C(=O)O)cc1. The van der Waals surface area contributed by atoms with Crippen LogP contribution >= 0.6 is 0 Å². The van der Waals surface area contributed by atoms with E-state index in [2.05, 4.69) is 5.32 Å². The molecule has 212 valence electrons. The Morgan fingerprint density at radius 1 is 1.02 bits per heavy atom. The van der Waals surface area contributed by atoms with Crippen LogP contribution in [0.25, 0.3) is 0 Å². The Balaban J connectivity index is 1.44. The molecule has 0 bridgehead atoms. The number of anilines is 1. The molecule has 11 heteroatoms. The fourth-order valence-electron chi connectivity index (χ4n) is 4.98. The molecule has 1 aliphatic rings. The molecule has 0 radical (unpaired) electrons. The van der Waals surface area contributed by atoms with Crippen LogP contribution in [0, 0.1) is 5.41 Å². The Labute approximate surface area is 236 Å². The molecule has 1 amide bonds. The molecule has 0 saturated carbocycles. The number of carboxylic acids is 2. The molecule has 0 saturated heterocycles. The lowest BCUT2D eigenvalue weighted by Gasteiger charge is -2.29. The molecule has 0 spiro atoms. The maximum absolute atomic E-state index is 13.3. The second-order valence-electron chi connectivity index (χ2n) is 9.77. The van der Waals surface area contributed by atoms with Crippen LogP contribution in [0.1, 0.15) is 45.8 Å². The number of fused-ring (bicyclic) bond motifs is 1. The molecule has 2 unspecified atom stereocenters. The number of nitrogens with one attached hydrogen (secondary N) is 2. The number of hydrogen-bond acceptors (Lipinski definition) is 6. The van der Waals surface area contributed by atoms with Crippen molar-refractivity contribution in [3.63, 3.8) is 0 Å². The second-order valence-corrected chi connectivity index (χ2v) is 9.77. The van der Waals surface area contributed by atoms with Gasteiger partial charge in [-0.3, -0.25) is 15.0 Å². The van der Waals surface area contributed by atoms with Gasteiger partial charge in [0.05, 0.1) is 5.56 Å². The number of rotatable bonds is 11. The quantitative estimate of drug-likeness (QED) is 0.102. The van der Waals surface area contributed by atoms with Gasteiger partial charge in [0, 0.05) is 18.5 Å². The van der Waals surface area contributed by atoms with Crippen LogP contribution in [0.15, 0.2) is 72.8 Å². The summed E-state index contributed by atoms with van der Waals surface area (Å²) in [5.41, 5.74) is 8.63. The lowest BCUT2D eigenvalue weighted by Crippen LogP contribution is -2.49. The molecule has 0 fully saturated rings. The molecule has 3 aromatic carbocycles. The summed E-state index contributed by atoms with van der Waals surface area (Å²) < 4.78 is 5.53. The monoisotopic (exact) mass is 558 g/mol. The number of aliphatic carboxylic acids is 2. The zero-order valence-electron chi connectivity index (χ0n) is 22.1. The Kier molecular flexibility index (Phi) is 8.98. The Bertz CT molecular complexity index is 1460. The second kappa shape index (κ2) is 12.8. The first kappa shape index (κ1) is 28.8. The number of guanidine groups is 1. The molecule has 4 rings (SSSR count). The highest BCUT2D eigenvalue weighted by Gasteiger charge is 2.34. The van der Waals surface area contributed by atoms with Crippen molar-refractivity contribution in [2.75, 3.05) is 11.9 Å². The molecule has 3 aromatic rings. The Hall–Kier alpha value is -5.19. The average Bonchev–Trinajstić information content (AvgIpc) is 3.32. The first-order valence-corrected chi connectivity index (χ1v) is 12.9. The minimum Gasteiger partial charge on any atom is -0.480 e. The lowest BCUT2D eigenvalue weighted by atomic mass is 9.96. The van der Waals surface area contributed by atoms with E-state index in [1.165, 1.54) is 0 Å². The summed E-state index contributed by atoms with van der Waals surface area (Å²) in [5.74, 6) is -3.79. The van der Waals surface area contributed by atoms with E-state index in [1.807, 2.05) is 0 Å². The maximum Gasteiger partial charge on any atom is 0.343 e. The predicted octanol–water partition coefficient (Wildman–Crippen LogP) is 3.24. The third-order valence-corrected chi connectivity index (χ3v) is 6.91. The highest BCUT2D eigenvalue weighted by atomic mass is 16.5. The van der Waals surface area contributed by atoms with E-state index < -0.39 is 36.4 Å². The van der Waals surface area contributed by atoms with Gasteiger partial charge in [0.1, 0.15) is 18.3 Å². The van der Waals surface area contributed by atoms with Crippen molar-refractivity contribution in [2.24, 2.45) is 5.73 Å². The van der Waals surface area contributed by atoms with E-state index in [4.69, 9.17) is 15.9 Å². The summed E-state index contributed by atoms with van der Waals surface area (Å²) in [7, 11) is 0. The average molecular weight is 559 g/mol. The number of carbonyl (C=O) groups is 4. The summed E-state index contributed by atoms with van der Waals surface area (Å²) in [4.78, 5) is 50.6. The molecular formula is C30H30N4O7. The summed E-state index contributed by atoms with van der Waals surface area (Å²) in [6.45, 7) is -0.719. The summed E-state index contributed by atoms with van der Waals surface area (Å²) in [6.07, 6.45) is 1.18. The van der Waals surface area contributed by atoms with Crippen LogP contribution < -0.4 is 15.8 Å². The van der Waals surface area contributed by atoms with Gasteiger partial charge >= 0.3 is 17.9 Å². The van der Waals surface area contributed by atoms with Crippen LogP contribution in [0.5, 0.6) is 5.75 Å². The zero-order chi connectivity index (χ0) is 29.5. The zero-order valence-corrected chi connectivity index (χ0v) is 22.1. The van der Waals surface area contributed by atoms with Crippen molar-refractivity contribution in [1.82, 2.24) is 4.90 Å². The normalized spacial score (nSPS) is 14.4. The number of nitrogens with two attached hydrogens (primary N) is 1. The third kappa shape index (κ3) is 7.47. The predicted molar refractivity (Wildman–Crippen MR) is 150 cm³/mol. The van der Waals surface area contributed by atoms with E-state index in [0.717, 1.165) is 16.0 Å². The maximum atomic E-state index is 13.3. The van der Waals surface area contributed by atoms with E-state index in [9.17, 15) is 29.4 Å². The molecule has 1 aliphatic carbocycles. The van der Waals surface area contributed by atoms with Crippen molar-refractivity contribution >= 4 is 35.5 Å². The number of ether oxygens (including phenoxy) is 1. The molecule has 41 heavy (non-hydrogen) atoms. The van der Waals surface area contributed by atoms with Gasteiger partial charge in [-0.1, -0.05) is 36.4 Å². The van der Waals surface area contributed by atoms with Crippen molar-refractivity contribution in [2.45, 2.75) is 37.6 Å². The van der Waals surface area contributed by atoms with E-state index in [-0.39, 0.29) is 24.7 Å². The topological polar surface area (TPSA) is 183 Å². The minimum atomic E-state index is -1.32. The molecule has 2 atom stereocenters. The molecule has 0 aliphatic heterocycles. The highest BCUT2D eigenvalue weighted by molar-refractivity contribution is 5.93. The minimum absolute atomic E-state index is 0.0128. The van der Waals surface area contributed by atoms with Crippen LogP contribution in [-0.2, 0) is 27.2 Å². The van der Waals surface area contributed by atoms with Crippen molar-refractivity contribution in [3.05, 3.63) is 95.1 Å². The van der Waals surface area contributed by atoms with Crippen molar-refractivity contribution in [1.29, 1.82) is 5.41 Å². The largest absolute Gasteiger partial charge is 0.480 e. The molecular weight excluding hydrogens is 528 g/mol. The van der Waals surface area contributed by atoms with Gasteiger partial charge in [-0.05, 0) is 71.8 Å². The van der Waals surface area contributed by atoms with E-state index in [1.54, 1.807) is 72.8 Å². The molecule has 0 aromatic heterocycles. The fourth-order valence-corrected chi connectivity index (χ4v) is 4.98. The fraction of sp³-hybridized carbons (Fsp3) is 0.233. The smallest absolute Gasteiger partial charge is 0.343 e. The number of benzene rings is 3. The first-order valence-electron chi connectivity index (χ1n) is 12.9. The molecule has 11 nitrogen and oxygen atoms in total. The molecule has 6 N–H and O–H groups in total. The van der Waals surface area contributed by atoms with Gasteiger partial charge in [-0.25, -0.2) is 9.59 Å². The van der Waals surface area contributed by atoms with Gasteiger partial charge in [-0.15, -0.1) is 0 Å². The number of hydrogen-bond donors (Lipinski definition) is 5. The number of carbonyl (C=O) groups excluding carboxylic acids is 2. The van der Waals surface area contributed by atoms with Gasteiger partial charge in [-0.2, -0.15) is 0 Å². The number of esters is 1. The number of amides is 1. The number of carboxylic acid groups (broad SMARTS) is 2. The standard InChI is InChI=1S/C30H30N4O7/c31-30(32)33-22-10-8-19(9-11-22)29(40)41-23-12-13-24-20(15-23)6-7-21(24)16-26(35)34(17-27(36)37)25(28(38)39)14-18-4-2-1-3-5-18/h1-5,8-13,15,21,25H,6-7,14,16-17H2,(H,36,37)(H,38,39)(H4,31,32,33). The van der Waals surface area contributed by atoms with Gasteiger partial charge < -0.3 is 30.9 Å². The van der Waals surface area contributed by atoms with E-state index in [0.29, 0.717) is 35.4 Å². The number of nitrogens with zero attached hydrogens (tertiary/aromatic N) is 1. The number of aryl methyl sites for hydroxylation is 1. The summed E-state index contributed by atoms with van der Waals surface area (Å²) in [6, 6.07) is 18.9. The van der Waals surface area contributed by atoms with Gasteiger partial charge in [0.2, 0.25) is 5.91 Å². The van der Waals surface area contributed by atoms with Gasteiger partial charge in [0.15, 0.2) is 5.96 Å². The van der Waals surface area contributed by atoms with Crippen molar-refractivity contribution in [3.8, 4) is 5.75 Å². The van der Waals surface area contributed by atoms with Crippen LogP contribution in [0.2, 0.25) is 0 Å². The Morgan fingerprint density at radius 2 is 1.73 bits per heavy atom.